The van der Waals surface area contributed by atoms with Crippen molar-refractivity contribution in [2.24, 2.45) is 5.92 Å². The van der Waals surface area contributed by atoms with Crippen LogP contribution < -0.4 is 0 Å². The molecule has 1 aliphatic rings. The number of carbonyl (C=O) groups is 2. The maximum Gasteiger partial charge on any atom is 0.338 e. The van der Waals surface area contributed by atoms with Crippen molar-refractivity contribution in [2.45, 2.75) is 38.5 Å². The number of esters is 1. The van der Waals surface area contributed by atoms with Crippen LogP contribution in [0.4, 0.5) is 0 Å². The molecule has 1 fully saturated rings. The molecule has 0 unspecified atom stereocenters. The number of hydrogen-bond donors (Lipinski definition) is 0. The molecule has 0 spiro atoms. The molecule has 1 aromatic carbocycles. The van der Waals surface area contributed by atoms with Gasteiger partial charge in [0.2, 0.25) is 10.0 Å². The minimum atomic E-state index is -3.57. The molecule has 0 atom stereocenters. The lowest BCUT2D eigenvalue weighted by molar-refractivity contribution is -0.135. The van der Waals surface area contributed by atoms with Gasteiger partial charge in [-0.1, -0.05) is 20.8 Å². The summed E-state index contributed by atoms with van der Waals surface area (Å²) in [5, 5.41) is 0. The smallest absolute Gasteiger partial charge is 0.338 e. The molecule has 1 saturated heterocycles. The van der Waals surface area contributed by atoms with Crippen molar-refractivity contribution < 1.29 is 22.7 Å². The van der Waals surface area contributed by atoms with E-state index in [-0.39, 0.29) is 23.0 Å². The molecule has 0 saturated carbocycles. The molecule has 8 heteroatoms. The number of sulfonamides is 1. The predicted molar refractivity (Wildman–Crippen MR) is 102 cm³/mol. The maximum atomic E-state index is 12.4. The van der Waals surface area contributed by atoms with Gasteiger partial charge >= 0.3 is 5.97 Å². The molecular weight excluding hydrogens is 368 g/mol. The van der Waals surface area contributed by atoms with Gasteiger partial charge in [-0.05, 0) is 43.0 Å². The van der Waals surface area contributed by atoms with Crippen molar-refractivity contribution in [3.63, 3.8) is 0 Å². The van der Waals surface area contributed by atoms with Gasteiger partial charge < -0.3 is 9.64 Å². The third kappa shape index (κ3) is 5.29. The Bertz CT molecular complexity index is 749. The van der Waals surface area contributed by atoms with E-state index < -0.39 is 16.0 Å². The van der Waals surface area contributed by atoms with Crippen LogP contribution in [-0.2, 0) is 19.6 Å². The molecule has 1 aliphatic heterocycles. The second-order valence-corrected chi connectivity index (χ2v) is 8.69. The van der Waals surface area contributed by atoms with E-state index in [2.05, 4.69) is 6.92 Å². The van der Waals surface area contributed by atoms with Crippen LogP contribution in [0.15, 0.2) is 29.2 Å². The monoisotopic (exact) mass is 396 g/mol. The first-order valence-corrected chi connectivity index (χ1v) is 10.8. The van der Waals surface area contributed by atoms with Crippen LogP contribution in [0.25, 0.3) is 0 Å². The first kappa shape index (κ1) is 21.4. The number of rotatable bonds is 7. The van der Waals surface area contributed by atoms with Crippen LogP contribution in [0.3, 0.4) is 0 Å². The summed E-state index contributed by atoms with van der Waals surface area (Å²) >= 11 is 0. The first-order chi connectivity index (χ1) is 12.8. The van der Waals surface area contributed by atoms with Crippen molar-refractivity contribution in [1.82, 2.24) is 9.21 Å². The minimum Gasteiger partial charge on any atom is -0.452 e. The highest BCUT2D eigenvalue weighted by atomic mass is 32.2. The number of carbonyl (C=O) groups excluding carboxylic acids is 2. The second kappa shape index (κ2) is 9.32. The second-order valence-electron chi connectivity index (χ2n) is 6.75. The van der Waals surface area contributed by atoms with E-state index in [9.17, 15) is 18.0 Å². The van der Waals surface area contributed by atoms with Crippen LogP contribution >= 0.6 is 0 Å². The lowest BCUT2D eigenvalue weighted by Crippen LogP contribution is -2.40. The van der Waals surface area contributed by atoms with E-state index in [0.29, 0.717) is 32.1 Å². The van der Waals surface area contributed by atoms with Crippen molar-refractivity contribution in [2.75, 3.05) is 32.8 Å². The Balaban J connectivity index is 1.94. The number of hydrogen-bond acceptors (Lipinski definition) is 5. The summed E-state index contributed by atoms with van der Waals surface area (Å²) in [6, 6.07) is 5.59. The lowest BCUT2D eigenvalue weighted by atomic mass is 9.99. The molecule has 0 aliphatic carbocycles. The molecule has 0 radical (unpaired) electrons. The molecule has 150 valence electrons. The standard InChI is InChI=1S/C19H28N2O5S/c1-4-21(5-2)27(24,25)17-8-6-16(7-9-17)19(23)26-14-18(22)20-12-10-15(3)11-13-20/h6-9,15H,4-5,10-14H2,1-3H3. The summed E-state index contributed by atoms with van der Waals surface area (Å²) in [6.07, 6.45) is 1.92. The van der Waals surface area contributed by atoms with Crippen LogP contribution in [0.1, 0.15) is 44.0 Å². The number of amides is 1. The highest BCUT2D eigenvalue weighted by Crippen LogP contribution is 2.18. The molecule has 7 nitrogen and oxygen atoms in total. The fraction of sp³-hybridized carbons (Fsp3) is 0.579. The van der Waals surface area contributed by atoms with Gasteiger partial charge in [-0.25, -0.2) is 13.2 Å². The van der Waals surface area contributed by atoms with Gasteiger partial charge in [0.15, 0.2) is 6.61 Å². The summed E-state index contributed by atoms with van der Waals surface area (Å²) in [5.41, 5.74) is 0.216. The van der Waals surface area contributed by atoms with Crippen molar-refractivity contribution in [1.29, 1.82) is 0 Å². The fourth-order valence-corrected chi connectivity index (χ4v) is 4.49. The number of benzene rings is 1. The average Bonchev–Trinajstić information content (AvgIpc) is 2.67. The van der Waals surface area contributed by atoms with Gasteiger partial charge in [0.25, 0.3) is 5.91 Å². The molecule has 0 N–H and O–H groups in total. The minimum absolute atomic E-state index is 0.126. The van der Waals surface area contributed by atoms with E-state index in [1.165, 1.54) is 28.6 Å². The van der Waals surface area contributed by atoms with Crippen molar-refractivity contribution in [3.8, 4) is 0 Å². The highest BCUT2D eigenvalue weighted by Gasteiger charge is 2.23. The Morgan fingerprint density at radius 3 is 2.19 bits per heavy atom. The zero-order chi connectivity index (χ0) is 20.0. The van der Waals surface area contributed by atoms with Crippen molar-refractivity contribution in [3.05, 3.63) is 29.8 Å². The molecule has 0 bridgehead atoms. The summed E-state index contributed by atoms with van der Waals surface area (Å²) in [5.74, 6) is -0.223. The molecule has 0 aromatic heterocycles. The molecule has 27 heavy (non-hydrogen) atoms. The lowest BCUT2D eigenvalue weighted by Gasteiger charge is -2.30. The van der Waals surface area contributed by atoms with E-state index in [1.54, 1.807) is 18.7 Å². The van der Waals surface area contributed by atoms with Gasteiger partial charge in [-0.15, -0.1) is 0 Å². The van der Waals surface area contributed by atoms with Crippen molar-refractivity contribution >= 4 is 21.9 Å². The number of ether oxygens (including phenoxy) is 1. The largest absolute Gasteiger partial charge is 0.452 e. The zero-order valence-electron chi connectivity index (χ0n) is 16.2. The molecular formula is C19H28N2O5S. The number of likely N-dealkylation sites (tertiary alicyclic amines) is 1. The van der Waals surface area contributed by atoms with E-state index >= 15 is 0 Å². The summed E-state index contributed by atoms with van der Waals surface area (Å²) in [6.45, 7) is 7.53. The molecule has 1 amide bonds. The van der Waals surface area contributed by atoms with Crippen LogP contribution in [0, 0.1) is 5.92 Å². The van der Waals surface area contributed by atoms with E-state index in [4.69, 9.17) is 4.74 Å². The van der Waals surface area contributed by atoms with Gasteiger partial charge in [-0.2, -0.15) is 4.31 Å². The zero-order valence-corrected chi connectivity index (χ0v) is 17.0. The molecule has 1 aromatic rings. The quantitative estimate of drug-likeness (QED) is 0.659. The molecule has 1 heterocycles. The Kier molecular flexibility index (Phi) is 7.38. The SMILES string of the molecule is CCN(CC)S(=O)(=O)c1ccc(C(=O)OCC(=O)N2CCC(C)CC2)cc1. The van der Waals surface area contributed by atoms with Gasteiger partial charge in [0.05, 0.1) is 10.5 Å². The number of piperidine rings is 1. The third-order valence-electron chi connectivity index (χ3n) is 4.90. The topological polar surface area (TPSA) is 84.0 Å². The van der Waals surface area contributed by atoms with E-state index in [0.717, 1.165) is 12.8 Å². The summed E-state index contributed by atoms with van der Waals surface area (Å²) in [7, 11) is -3.57. The number of nitrogens with zero attached hydrogens (tertiary/aromatic N) is 2. The third-order valence-corrected chi connectivity index (χ3v) is 6.96. The fourth-order valence-electron chi connectivity index (χ4n) is 3.04. The Hall–Kier alpha value is -1.93. The summed E-state index contributed by atoms with van der Waals surface area (Å²) in [4.78, 5) is 26.1. The van der Waals surface area contributed by atoms with Crippen LogP contribution in [0.2, 0.25) is 0 Å². The predicted octanol–water partition coefficient (Wildman–Crippen LogP) is 2.13. The van der Waals surface area contributed by atoms with Gasteiger partial charge in [0, 0.05) is 26.2 Å². The normalized spacial score (nSPS) is 15.8. The Morgan fingerprint density at radius 2 is 1.67 bits per heavy atom. The Labute approximate surface area is 161 Å². The van der Waals surface area contributed by atoms with Gasteiger partial charge in [0.1, 0.15) is 0 Å². The Morgan fingerprint density at radius 1 is 1.11 bits per heavy atom. The van der Waals surface area contributed by atoms with Crippen LogP contribution in [0.5, 0.6) is 0 Å². The average molecular weight is 397 g/mol. The molecule has 2 rings (SSSR count). The van der Waals surface area contributed by atoms with Gasteiger partial charge in [-0.3, -0.25) is 4.79 Å². The first-order valence-electron chi connectivity index (χ1n) is 9.34. The highest BCUT2D eigenvalue weighted by molar-refractivity contribution is 7.89. The summed E-state index contributed by atoms with van der Waals surface area (Å²) < 4.78 is 31.3. The maximum absolute atomic E-state index is 12.4. The van der Waals surface area contributed by atoms with Crippen LogP contribution in [-0.4, -0.2) is 62.3 Å². The van der Waals surface area contributed by atoms with E-state index in [1.807, 2.05) is 0 Å².